The first-order valence-corrected chi connectivity index (χ1v) is 6.38. The van der Waals surface area contributed by atoms with Gasteiger partial charge in [-0.2, -0.15) is 0 Å². The van der Waals surface area contributed by atoms with Gasteiger partial charge in [0.25, 0.3) is 0 Å². The minimum atomic E-state index is -0.0117. The van der Waals surface area contributed by atoms with E-state index in [0.29, 0.717) is 0 Å². The maximum Gasteiger partial charge on any atom is 0.0420 e. The van der Waals surface area contributed by atoms with Gasteiger partial charge >= 0.3 is 0 Å². The Kier molecular flexibility index (Phi) is 3.92. The van der Waals surface area contributed by atoms with E-state index in [1.54, 1.807) is 6.20 Å². The monoisotopic (exact) mass is 290 g/mol. The Morgan fingerprint density at radius 2 is 2.00 bits per heavy atom. The van der Waals surface area contributed by atoms with E-state index < -0.39 is 0 Å². The number of pyridine rings is 1. The van der Waals surface area contributed by atoms with Crippen LogP contribution in [0.2, 0.25) is 0 Å². The second-order valence-corrected chi connectivity index (χ2v) is 4.93. The van der Waals surface area contributed by atoms with Gasteiger partial charge in [-0.1, -0.05) is 40.2 Å². The van der Waals surface area contributed by atoms with Crippen molar-refractivity contribution in [1.29, 1.82) is 0 Å². The predicted octanol–water partition coefficient (Wildman–Crippen LogP) is 3.40. The summed E-state index contributed by atoms with van der Waals surface area (Å²) in [4.78, 5) is 4.27. The number of hydrogen-bond donors (Lipinski definition) is 1. The molecule has 88 valence electrons. The number of hydrogen-bond acceptors (Lipinski definition) is 2. The van der Waals surface area contributed by atoms with Gasteiger partial charge in [0.15, 0.2) is 0 Å². The lowest BCUT2D eigenvalue weighted by Gasteiger charge is -2.14. The van der Waals surface area contributed by atoms with Crippen LogP contribution < -0.4 is 5.73 Å². The predicted molar refractivity (Wildman–Crippen MR) is 73.7 cm³/mol. The quantitative estimate of drug-likeness (QED) is 0.941. The highest BCUT2D eigenvalue weighted by Crippen LogP contribution is 2.23. The minimum Gasteiger partial charge on any atom is -0.324 e. The van der Waals surface area contributed by atoms with Crippen LogP contribution in [0.5, 0.6) is 0 Å². The Morgan fingerprint density at radius 1 is 1.24 bits per heavy atom. The average molecular weight is 291 g/mol. The van der Waals surface area contributed by atoms with E-state index >= 15 is 0 Å². The topological polar surface area (TPSA) is 38.9 Å². The fourth-order valence-electron chi connectivity index (χ4n) is 1.90. The summed E-state index contributed by atoms with van der Waals surface area (Å²) in [5, 5.41) is 0. The van der Waals surface area contributed by atoms with Crippen LogP contribution in [0.1, 0.15) is 22.9 Å². The van der Waals surface area contributed by atoms with Gasteiger partial charge in [-0.25, -0.2) is 0 Å². The molecule has 1 aromatic heterocycles. The summed E-state index contributed by atoms with van der Waals surface area (Å²) in [6.07, 6.45) is 2.61. The second kappa shape index (κ2) is 5.43. The number of benzene rings is 1. The van der Waals surface area contributed by atoms with Gasteiger partial charge < -0.3 is 5.73 Å². The van der Waals surface area contributed by atoms with Crippen LogP contribution in [0.15, 0.2) is 47.1 Å². The summed E-state index contributed by atoms with van der Waals surface area (Å²) in [5.74, 6) is 0. The first-order chi connectivity index (χ1) is 8.18. The van der Waals surface area contributed by atoms with Gasteiger partial charge in [0.05, 0.1) is 0 Å². The maximum absolute atomic E-state index is 6.24. The number of aryl methyl sites for hydroxylation is 1. The normalized spacial score (nSPS) is 12.4. The van der Waals surface area contributed by atoms with Crippen molar-refractivity contribution in [3.8, 4) is 0 Å². The van der Waals surface area contributed by atoms with Crippen molar-refractivity contribution < 1.29 is 0 Å². The van der Waals surface area contributed by atoms with Crippen molar-refractivity contribution in [3.63, 3.8) is 0 Å². The largest absolute Gasteiger partial charge is 0.324 e. The minimum absolute atomic E-state index is 0.0117. The van der Waals surface area contributed by atoms with Crippen molar-refractivity contribution >= 4 is 15.9 Å². The first kappa shape index (κ1) is 12.3. The Hall–Kier alpha value is -1.19. The van der Waals surface area contributed by atoms with E-state index in [1.165, 1.54) is 5.56 Å². The van der Waals surface area contributed by atoms with Gasteiger partial charge in [-0.3, -0.25) is 4.98 Å². The fourth-order valence-corrected chi connectivity index (χ4v) is 2.35. The Balaban J connectivity index is 2.20. The molecule has 2 N–H and O–H groups in total. The van der Waals surface area contributed by atoms with E-state index in [0.717, 1.165) is 22.2 Å². The number of rotatable bonds is 3. The second-order valence-electron chi connectivity index (χ2n) is 4.08. The number of aromatic nitrogens is 1. The molecule has 0 saturated carbocycles. The molecule has 0 amide bonds. The van der Waals surface area contributed by atoms with Gasteiger partial charge in [0.1, 0.15) is 0 Å². The molecule has 0 saturated heterocycles. The lowest BCUT2D eigenvalue weighted by Crippen LogP contribution is -2.15. The molecule has 2 rings (SSSR count). The number of nitrogens with two attached hydrogens (primary N) is 1. The van der Waals surface area contributed by atoms with E-state index in [9.17, 15) is 0 Å². The molecule has 0 aliphatic heterocycles. The molecule has 0 fully saturated rings. The van der Waals surface area contributed by atoms with Crippen LogP contribution in [0.3, 0.4) is 0 Å². The molecule has 1 atom stereocenters. The zero-order valence-electron chi connectivity index (χ0n) is 9.73. The molecule has 0 bridgehead atoms. The highest BCUT2D eigenvalue weighted by atomic mass is 79.9. The van der Waals surface area contributed by atoms with Gasteiger partial charge in [-0.05, 0) is 36.6 Å². The zero-order valence-corrected chi connectivity index (χ0v) is 11.3. The maximum atomic E-state index is 6.24. The summed E-state index contributed by atoms with van der Waals surface area (Å²) >= 11 is 3.54. The van der Waals surface area contributed by atoms with Gasteiger partial charge in [0.2, 0.25) is 0 Å². The van der Waals surface area contributed by atoms with Crippen LogP contribution in [-0.4, -0.2) is 4.98 Å². The third kappa shape index (κ3) is 2.93. The Bertz CT molecular complexity index is 511. The summed E-state index contributed by atoms with van der Waals surface area (Å²) < 4.78 is 1.11. The highest BCUT2D eigenvalue weighted by Gasteiger charge is 2.11. The molecular formula is C14H15BrN2. The van der Waals surface area contributed by atoms with E-state index in [-0.39, 0.29) is 6.04 Å². The number of nitrogens with zero attached hydrogens (tertiary/aromatic N) is 1. The standard InChI is InChI=1S/C14H15BrN2/c1-10-12(6-4-8-17-10)14(16)9-11-5-2-3-7-13(11)15/h2-8,14H,9,16H2,1H3. The van der Waals surface area contributed by atoms with Crippen molar-refractivity contribution in [1.82, 2.24) is 4.98 Å². The Morgan fingerprint density at radius 3 is 2.71 bits per heavy atom. The van der Waals surface area contributed by atoms with E-state index in [4.69, 9.17) is 5.73 Å². The van der Waals surface area contributed by atoms with Crippen LogP contribution >= 0.6 is 15.9 Å². The van der Waals surface area contributed by atoms with Crippen LogP contribution in [0, 0.1) is 6.92 Å². The summed E-state index contributed by atoms with van der Waals surface area (Å²) in [6.45, 7) is 2.00. The number of halogens is 1. The van der Waals surface area contributed by atoms with Crippen LogP contribution in [-0.2, 0) is 6.42 Å². The smallest absolute Gasteiger partial charge is 0.0420 e. The molecule has 1 heterocycles. The summed E-state index contributed by atoms with van der Waals surface area (Å²) in [5.41, 5.74) is 9.58. The average Bonchev–Trinajstić information content (AvgIpc) is 2.32. The molecule has 3 heteroatoms. The molecule has 0 aliphatic rings. The highest BCUT2D eigenvalue weighted by molar-refractivity contribution is 9.10. The molecular weight excluding hydrogens is 276 g/mol. The molecule has 0 aliphatic carbocycles. The molecule has 1 aromatic carbocycles. The first-order valence-electron chi connectivity index (χ1n) is 5.59. The molecule has 0 radical (unpaired) electrons. The van der Waals surface area contributed by atoms with Crippen molar-refractivity contribution in [2.24, 2.45) is 5.73 Å². The van der Waals surface area contributed by atoms with Crippen LogP contribution in [0.4, 0.5) is 0 Å². The van der Waals surface area contributed by atoms with E-state index in [2.05, 4.69) is 27.0 Å². The summed E-state index contributed by atoms with van der Waals surface area (Å²) in [7, 11) is 0. The SMILES string of the molecule is Cc1ncccc1C(N)Cc1ccccc1Br. The molecule has 2 aromatic rings. The third-order valence-electron chi connectivity index (χ3n) is 2.84. The molecule has 2 nitrogen and oxygen atoms in total. The van der Waals surface area contributed by atoms with E-state index in [1.807, 2.05) is 37.3 Å². The molecule has 0 spiro atoms. The van der Waals surface area contributed by atoms with Crippen LogP contribution in [0.25, 0.3) is 0 Å². The van der Waals surface area contributed by atoms with Gasteiger partial charge in [0, 0.05) is 22.4 Å². The summed E-state index contributed by atoms with van der Waals surface area (Å²) in [6, 6.07) is 12.1. The third-order valence-corrected chi connectivity index (χ3v) is 3.62. The van der Waals surface area contributed by atoms with Crippen molar-refractivity contribution in [3.05, 3.63) is 63.9 Å². The zero-order chi connectivity index (χ0) is 12.3. The Labute approximate surface area is 110 Å². The lowest BCUT2D eigenvalue weighted by molar-refractivity contribution is 0.709. The fraction of sp³-hybridized carbons (Fsp3) is 0.214. The lowest BCUT2D eigenvalue weighted by atomic mass is 9.99. The van der Waals surface area contributed by atoms with Crippen molar-refractivity contribution in [2.75, 3.05) is 0 Å². The molecule has 17 heavy (non-hydrogen) atoms. The van der Waals surface area contributed by atoms with Gasteiger partial charge in [-0.15, -0.1) is 0 Å². The molecule has 1 unspecified atom stereocenters. The van der Waals surface area contributed by atoms with Crippen molar-refractivity contribution in [2.45, 2.75) is 19.4 Å².